The first kappa shape index (κ1) is 18.0. The quantitative estimate of drug-likeness (QED) is 0.188. The standard InChI is InChI=1S/C44H28O/c1-3-15-29(16-4-1)31-19-7-8-21-33(31)43-34-22-9-11-24-36(34)44(37-25-12-10-23-35(37)43)40-27-39-32-20-13-14-26-41(32)45-42(39)28-38(40)30-17-5-2-6-18-30/h1-28H/i1D,3D,4D,7D,8D,15D,16D,19D,21D. The van der Waals surface area contributed by atoms with Crippen LogP contribution in [0.4, 0.5) is 0 Å². The number of hydrogen-bond donors (Lipinski definition) is 0. The molecule has 9 rings (SSSR count). The van der Waals surface area contributed by atoms with Crippen LogP contribution in [-0.2, 0) is 0 Å². The first-order valence-electron chi connectivity index (χ1n) is 19.2. The minimum Gasteiger partial charge on any atom is -0.456 e. The van der Waals surface area contributed by atoms with Gasteiger partial charge in [0.15, 0.2) is 0 Å². The molecule has 0 bridgehead atoms. The molecule has 0 fully saturated rings. The maximum Gasteiger partial charge on any atom is 0.136 e. The molecular formula is C44H28O. The number of hydrogen-bond acceptors (Lipinski definition) is 1. The summed E-state index contributed by atoms with van der Waals surface area (Å²) in [6, 6.07) is 32.8. The van der Waals surface area contributed by atoms with Gasteiger partial charge < -0.3 is 4.42 Å². The highest BCUT2D eigenvalue weighted by atomic mass is 16.3. The van der Waals surface area contributed by atoms with Gasteiger partial charge in [-0.15, -0.1) is 0 Å². The Labute approximate surface area is 274 Å². The minimum absolute atomic E-state index is 0.0537. The molecule has 1 heterocycles. The van der Waals surface area contributed by atoms with Crippen molar-refractivity contribution < 1.29 is 16.8 Å². The van der Waals surface area contributed by atoms with E-state index in [-0.39, 0.29) is 22.7 Å². The molecule has 0 spiro atoms. The molecule has 9 aromatic rings. The van der Waals surface area contributed by atoms with Gasteiger partial charge in [0, 0.05) is 10.8 Å². The number of fused-ring (bicyclic) bond motifs is 5. The number of para-hydroxylation sites is 1. The third-order valence-electron chi connectivity index (χ3n) is 8.49. The second-order valence-electron chi connectivity index (χ2n) is 10.9. The van der Waals surface area contributed by atoms with Crippen molar-refractivity contribution in [1.82, 2.24) is 0 Å². The monoisotopic (exact) mass is 581 g/mol. The summed E-state index contributed by atoms with van der Waals surface area (Å²) in [4.78, 5) is 0. The van der Waals surface area contributed by atoms with Crippen LogP contribution in [0.15, 0.2) is 174 Å². The first-order chi connectivity index (χ1) is 26.1. The molecule has 0 saturated carbocycles. The fourth-order valence-electron chi connectivity index (χ4n) is 6.59. The molecule has 0 aliphatic heterocycles. The van der Waals surface area contributed by atoms with Gasteiger partial charge in [0.25, 0.3) is 0 Å². The number of rotatable bonds is 4. The van der Waals surface area contributed by atoms with E-state index in [0.29, 0.717) is 16.3 Å². The van der Waals surface area contributed by atoms with E-state index >= 15 is 0 Å². The zero-order chi connectivity index (χ0) is 37.6. The maximum absolute atomic E-state index is 9.36. The van der Waals surface area contributed by atoms with E-state index in [1.165, 1.54) is 0 Å². The van der Waals surface area contributed by atoms with Crippen molar-refractivity contribution in [2.24, 2.45) is 0 Å². The summed E-state index contributed by atoms with van der Waals surface area (Å²) in [6.45, 7) is 0. The Morgan fingerprint density at radius 2 is 0.889 bits per heavy atom. The first-order valence-corrected chi connectivity index (χ1v) is 14.7. The van der Waals surface area contributed by atoms with Crippen molar-refractivity contribution in [3.8, 4) is 44.5 Å². The van der Waals surface area contributed by atoms with Gasteiger partial charge in [0.1, 0.15) is 11.2 Å². The summed E-state index contributed by atoms with van der Waals surface area (Å²) in [5, 5.41) is 4.85. The highest BCUT2D eigenvalue weighted by molar-refractivity contribution is 6.24. The molecule has 0 atom stereocenters. The molecule has 0 unspecified atom stereocenters. The van der Waals surface area contributed by atoms with E-state index in [9.17, 15) is 1.37 Å². The van der Waals surface area contributed by atoms with Crippen LogP contribution in [0.3, 0.4) is 0 Å². The second-order valence-corrected chi connectivity index (χ2v) is 10.9. The van der Waals surface area contributed by atoms with Crippen molar-refractivity contribution >= 4 is 43.5 Å². The van der Waals surface area contributed by atoms with Crippen LogP contribution in [0, 0.1) is 0 Å². The van der Waals surface area contributed by atoms with Crippen molar-refractivity contribution in [1.29, 1.82) is 0 Å². The SMILES string of the molecule is [2H]c1c([2H])c([2H])c(-c2c([2H])c([2H])c([2H])c([2H])c2-c2c3ccccc3c(-c3cc4c(cc3-c3ccccc3)oc3ccccc34)c3ccccc23)c([2H])c1[2H]. The Hall–Kier alpha value is -5.92. The molecule has 0 aliphatic carbocycles. The molecule has 0 aliphatic rings. The average Bonchev–Trinajstić information content (AvgIpc) is 3.57. The molecule has 1 heteroatoms. The van der Waals surface area contributed by atoms with Crippen LogP contribution < -0.4 is 0 Å². The van der Waals surface area contributed by atoms with E-state index < -0.39 is 48.3 Å². The Balaban J connectivity index is 1.48. The molecule has 210 valence electrons. The fraction of sp³-hybridized carbons (Fsp3) is 0. The van der Waals surface area contributed by atoms with Gasteiger partial charge in [-0.3, -0.25) is 0 Å². The molecule has 0 N–H and O–H groups in total. The number of benzene rings is 8. The lowest BCUT2D eigenvalue weighted by Gasteiger charge is -2.21. The van der Waals surface area contributed by atoms with E-state index in [4.69, 9.17) is 15.4 Å². The van der Waals surface area contributed by atoms with E-state index in [2.05, 4.69) is 24.3 Å². The molecule has 1 nitrogen and oxygen atoms in total. The second kappa shape index (κ2) is 10.4. The predicted molar refractivity (Wildman–Crippen MR) is 190 cm³/mol. The average molecular weight is 582 g/mol. The van der Waals surface area contributed by atoms with Crippen molar-refractivity contribution in [2.75, 3.05) is 0 Å². The highest BCUT2D eigenvalue weighted by Gasteiger charge is 2.22. The predicted octanol–water partition coefficient (Wildman–Crippen LogP) is 12.6. The van der Waals surface area contributed by atoms with E-state index in [0.717, 1.165) is 55.0 Å². The summed E-state index contributed by atoms with van der Waals surface area (Å²) in [6.07, 6.45) is 0. The molecule has 8 aromatic carbocycles. The smallest absolute Gasteiger partial charge is 0.136 e. The summed E-state index contributed by atoms with van der Waals surface area (Å²) in [7, 11) is 0. The van der Waals surface area contributed by atoms with Crippen LogP contribution in [-0.4, -0.2) is 0 Å². The van der Waals surface area contributed by atoms with Crippen LogP contribution in [0.5, 0.6) is 0 Å². The van der Waals surface area contributed by atoms with Crippen LogP contribution in [0.1, 0.15) is 12.3 Å². The summed E-state index contributed by atoms with van der Waals surface area (Å²) < 4.78 is 85.2. The van der Waals surface area contributed by atoms with Crippen molar-refractivity contribution in [3.05, 3.63) is 170 Å². The van der Waals surface area contributed by atoms with Gasteiger partial charge >= 0.3 is 0 Å². The maximum atomic E-state index is 9.36. The summed E-state index contributed by atoms with van der Waals surface area (Å²) in [5.41, 5.74) is 5.34. The largest absolute Gasteiger partial charge is 0.456 e. The zero-order valence-corrected chi connectivity index (χ0v) is 23.9. The van der Waals surface area contributed by atoms with Gasteiger partial charge in [-0.2, -0.15) is 0 Å². The third kappa shape index (κ3) is 4.09. The van der Waals surface area contributed by atoms with Crippen molar-refractivity contribution in [3.63, 3.8) is 0 Å². The van der Waals surface area contributed by atoms with Gasteiger partial charge in [-0.25, -0.2) is 0 Å². The molecule has 0 saturated heterocycles. The molecule has 1 aromatic heterocycles. The normalized spacial score (nSPS) is 14.4. The highest BCUT2D eigenvalue weighted by Crippen LogP contribution is 2.49. The topological polar surface area (TPSA) is 13.1 Å². The lowest BCUT2D eigenvalue weighted by molar-refractivity contribution is 0.669. The van der Waals surface area contributed by atoms with Crippen LogP contribution in [0.2, 0.25) is 0 Å². The Morgan fingerprint density at radius 1 is 0.356 bits per heavy atom. The minimum atomic E-state index is -0.593. The lowest BCUT2D eigenvalue weighted by atomic mass is 9.82. The lowest BCUT2D eigenvalue weighted by Crippen LogP contribution is -1.94. The molecular weight excluding hydrogens is 544 g/mol. The van der Waals surface area contributed by atoms with E-state index in [1.807, 2.05) is 91.0 Å². The van der Waals surface area contributed by atoms with Crippen LogP contribution in [0.25, 0.3) is 88.0 Å². The van der Waals surface area contributed by atoms with Gasteiger partial charge in [-0.05, 0) is 84.3 Å². The third-order valence-corrected chi connectivity index (χ3v) is 8.49. The zero-order valence-electron chi connectivity index (χ0n) is 32.9. The summed E-state index contributed by atoms with van der Waals surface area (Å²) in [5.74, 6) is 0. The summed E-state index contributed by atoms with van der Waals surface area (Å²) >= 11 is 0. The molecule has 0 amide bonds. The fourth-order valence-corrected chi connectivity index (χ4v) is 6.59. The number of furan rings is 1. The van der Waals surface area contributed by atoms with Crippen molar-refractivity contribution in [2.45, 2.75) is 0 Å². The Morgan fingerprint density at radius 3 is 1.56 bits per heavy atom. The van der Waals surface area contributed by atoms with Gasteiger partial charge in [-0.1, -0.05) is 151 Å². The molecule has 45 heavy (non-hydrogen) atoms. The molecule has 0 radical (unpaired) electrons. The van der Waals surface area contributed by atoms with Gasteiger partial charge in [0.2, 0.25) is 0 Å². The Bertz CT molecular complexity index is 2960. The van der Waals surface area contributed by atoms with Crippen LogP contribution >= 0.6 is 0 Å². The van der Waals surface area contributed by atoms with Gasteiger partial charge in [0.05, 0.1) is 12.3 Å². The Kier molecular flexibility index (Phi) is 4.15. The van der Waals surface area contributed by atoms with E-state index in [1.54, 1.807) is 0 Å².